The van der Waals surface area contributed by atoms with Gasteiger partial charge < -0.3 is 10.2 Å². The summed E-state index contributed by atoms with van der Waals surface area (Å²) in [6, 6.07) is 1.88. The van der Waals surface area contributed by atoms with Crippen molar-refractivity contribution in [2.24, 2.45) is 0 Å². The molecular weight excluding hydrogens is 310 g/mol. The predicted molar refractivity (Wildman–Crippen MR) is 90.8 cm³/mol. The first-order valence-corrected chi connectivity index (χ1v) is 8.87. The van der Waals surface area contributed by atoms with Crippen molar-refractivity contribution >= 4 is 28.2 Å². The summed E-state index contributed by atoms with van der Waals surface area (Å²) in [5.41, 5.74) is 0.892. The van der Waals surface area contributed by atoms with E-state index in [1.165, 1.54) is 11.3 Å². The lowest BCUT2D eigenvalue weighted by atomic mass is 10.0. The van der Waals surface area contributed by atoms with Gasteiger partial charge in [0.25, 0.3) is 0 Å². The van der Waals surface area contributed by atoms with Crippen molar-refractivity contribution in [3.8, 4) is 0 Å². The number of nitrogens with zero attached hydrogens (tertiary/aromatic N) is 4. The fraction of sp³-hybridized carbons (Fsp3) is 0.500. The summed E-state index contributed by atoms with van der Waals surface area (Å²) in [4.78, 5) is 27.6. The summed E-state index contributed by atoms with van der Waals surface area (Å²) < 4.78 is 0. The van der Waals surface area contributed by atoms with Gasteiger partial charge >= 0.3 is 0 Å². The molecule has 0 spiro atoms. The van der Waals surface area contributed by atoms with E-state index in [9.17, 15) is 4.79 Å². The Balaban J connectivity index is 1.88. The lowest BCUT2D eigenvalue weighted by Gasteiger charge is -2.34. The van der Waals surface area contributed by atoms with Crippen molar-refractivity contribution < 1.29 is 4.79 Å². The zero-order valence-electron chi connectivity index (χ0n) is 13.5. The van der Waals surface area contributed by atoms with Crippen molar-refractivity contribution in [2.45, 2.75) is 45.6 Å². The number of thiazole rings is 1. The van der Waals surface area contributed by atoms with Crippen LogP contribution in [0.2, 0.25) is 0 Å². The Labute approximate surface area is 140 Å². The average molecular weight is 331 g/mol. The molecule has 1 saturated heterocycles. The number of aromatic nitrogens is 3. The quantitative estimate of drug-likeness (QED) is 0.929. The topological polar surface area (TPSA) is 71.0 Å². The van der Waals surface area contributed by atoms with E-state index in [1.54, 1.807) is 6.20 Å². The van der Waals surface area contributed by atoms with Crippen LogP contribution in [0.1, 0.15) is 50.2 Å². The molecule has 2 aromatic heterocycles. The molecule has 1 aliphatic heterocycles. The molecule has 3 rings (SSSR count). The van der Waals surface area contributed by atoms with Crippen LogP contribution >= 0.6 is 11.3 Å². The van der Waals surface area contributed by atoms with Gasteiger partial charge in [-0.25, -0.2) is 15.0 Å². The van der Waals surface area contributed by atoms with Crippen molar-refractivity contribution in [1.29, 1.82) is 0 Å². The Morgan fingerprint density at radius 1 is 1.43 bits per heavy atom. The third kappa shape index (κ3) is 3.67. The number of piperidine rings is 1. The minimum atomic E-state index is -0.0204. The Morgan fingerprint density at radius 2 is 2.30 bits per heavy atom. The van der Waals surface area contributed by atoms with Gasteiger partial charge in [0.2, 0.25) is 5.91 Å². The molecule has 0 aromatic carbocycles. The molecule has 0 bridgehead atoms. The summed E-state index contributed by atoms with van der Waals surface area (Å²) in [7, 11) is 0. The standard InChI is InChI=1S/C16H21N5OS/c1-3-14(22)21-8-5-4-6-12(21)15-18-11(2)10-13(19-15)20-16-17-7-9-23-16/h7,9-10,12H,3-6,8H2,1-2H3,(H,17,18,19,20)/t12-/m1/s1. The van der Waals surface area contributed by atoms with E-state index in [-0.39, 0.29) is 11.9 Å². The lowest BCUT2D eigenvalue weighted by molar-refractivity contribution is -0.134. The third-order valence-electron chi connectivity index (χ3n) is 3.96. The lowest BCUT2D eigenvalue weighted by Crippen LogP contribution is -2.39. The first-order chi connectivity index (χ1) is 11.2. The van der Waals surface area contributed by atoms with Gasteiger partial charge in [-0.3, -0.25) is 4.79 Å². The van der Waals surface area contributed by atoms with Crippen LogP contribution < -0.4 is 5.32 Å². The van der Waals surface area contributed by atoms with Gasteiger partial charge in [0.1, 0.15) is 5.82 Å². The number of amides is 1. The Kier molecular flexibility index (Phi) is 4.85. The molecule has 0 unspecified atom stereocenters. The predicted octanol–water partition coefficient (Wildman–Crippen LogP) is 3.45. The van der Waals surface area contributed by atoms with Crippen molar-refractivity contribution in [3.05, 3.63) is 29.2 Å². The van der Waals surface area contributed by atoms with Gasteiger partial charge in [-0.1, -0.05) is 6.92 Å². The van der Waals surface area contributed by atoms with Gasteiger partial charge in [-0.15, -0.1) is 11.3 Å². The molecule has 1 N–H and O–H groups in total. The van der Waals surface area contributed by atoms with Crippen molar-refractivity contribution in [2.75, 3.05) is 11.9 Å². The fourth-order valence-corrected chi connectivity index (χ4v) is 3.44. The highest BCUT2D eigenvalue weighted by Crippen LogP contribution is 2.30. The van der Waals surface area contributed by atoms with E-state index < -0.39 is 0 Å². The first kappa shape index (κ1) is 15.9. The molecule has 0 radical (unpaired) electrons. The normalized spacial score (nSPS) is 18.0. The third-order valence-corrected chi connectivity index (χ3v) is 4.65. The maximum Gasteiger partial charge on any atom is 0.222 e. The molecule has 2 aromatic rings. The van der Waals surface area contributed by atoms with Crippen LogP contribution in [0.25, 0.3) is 0 Å². The molecule has 1 atom stereocenters. The summed E-state index contributed by atoms with van der Waals surface area (Å²) in [6.07, 6.45) is 5.35. The molecule has 6 nitrogen and oxygen atoms in total. The van der Waals surface area contributed by atoms with E-state index in [1.807, 2.05) is 30.2 Å². The van der Waals surface area contributed by atoms with Crippen LogP contribution in [-0.2, 0) is 4.79 Å². The summed E-state index contributed by atoms with van der Waals surface area (Å²) in [5.74, 6) is 1.64. The van der Waals surface area contributed by atoms with Gasteiger partial charge in [0.05, 0.1) is 6.04 Å². The second-order valence-electron chi connectivity index (χ2n) is 5.67. The average Bonchev–Trinajstić information content (AvgIpc) is 3.06. The zero-order valence-corrected chi connectivity index (χ0v) is 14.3. The molecule has 1 aliphatic rings. The molecule has 1 fully saturated rings. The van der Waals surface area contributed by atoms with Crippen LogP contribution in [-0.4, -0.2) is 32.3 Å². The number of hydrogen-bond acceptors (Lipinski definition) is 6. The number of hydrogen-bond donors (Lipinski definition) is 1. The summed E-state index contributed by atoms with van der Waals surface area (Å²) >= 11 is 1.53. The van der Waals surface area contributed by atoms with E-state index >= 15 is 0 Å². The summed E-state index contributed by atoms with van der Waals surface area (Å²) in [5, 5.41) is 5.94. The Bertz CT molecular complexity index is 673. The van der Waals surface area contributed by atoms with Gasteiger partial charge in [0.15, 0.2) is 11.0 Å². The number of anilines is 2. The largest absolute Gasteiger partial charge is 0.332 e. The number of carbonyl (C=O) groups excluding carboxylic acids is 1. The number of carbonyl (C=O) groups is 1. The van der Waals surface area contributed by atoms with E-state index in [4.69, 9.17) is 0 Å². The van der Waals surface area contributed by atoms with Gasteiger partial charge in [-0.05, 0) is 26.2 Å². The molecule has 0 aliphatic carbocycles. The number of nitrogens with one attached hydrogen (secondary N) is 1. The van der Waals surface area contributed by atoms with E-state index in [0.29, 0.717) is 6.42 Å². The fourth-order valence-electron chi connectivity index (χ4n) is 2.90. The van der Waals surface area contributed by atoms with Crippen molar-refractivity contribution in [3.63, 3.8) is 0 Å². The molecule has 1 amide bonds. The number of likely N-dealkylation sites (tertiary alicyclic amines) is 1. The second kappa shape index (κ2) is 7.04. The highest BCUT2D eigenvalue weighted by atomic mass is 32.1. The van der Waals surface area contributed by atoms with Crippen LogP contribution in [0.4, 0.5) is 10.9 Å². The maximum absolute atomic E-state index is 12.2. The molecule has 3 heterocycles. The molecular formula is C16H21N5OS. The van der Waals surface area contributed by atoms with Crippen LogP contribution in [0.15, 0.2) is 17.6 Å². The Morgan fingerprint density at radius 3 is 3.04 bits per heavy atom. The second-order valence-corrected chi connectivity index (χ2v) is 6.56. The summed E-state index contributed by atoms with van der Waals surface area (Å²) in [6.45, 7) is 4.65. The van der Waals surface area contributed by atoms with Crippen molar-refractivity contribution in [1.82, 2.24) is 19.9 Å². The number of aryl methyl sites for hydroxylation is 1. The highest BCUT2D eigenvalue weighted by molar-refractivity contribution is 7.13. The van der Waals surface area contributed by atoms with E-state index in [0.717, 1.165) is 48.3 Å². The van der Waals surface area contributed by atoms with E-state index in [2.05, 4.69) is 20.3 Å². The minimum Gasteiger partial charge on any atom is -0.332 e. The molecule has 23 heavy (non-hydrogen) atoms. The maximum atomic E-state index is 12.2. The highest BCUT2D eigenvalue weighted by Gasteiger charge is 2.29. The Hall–Kier alpha value is -2.02. The SMILES string of the molecule is CCC(=O)N1CCCC[C@@H]1c1nc(C)cc(Nc2nccs2)n1. The van der Waals surface area contributed by atoms with Crippen LogP contribution in [0.5, 0.6) is 0 Å². The first-order valence-electron chi connectivity index (χ1n) is 7.99. The molecule has 0 saturated carbocycles. The molecule has 122 valence electrons. The van der Waals surface area contributed by atoms with Crippen LogP contribution in [0.3, 0.4) is 0 Å². The van der Waals surface area contributed by atoms with Gasteiger partial charge in [0, 0.05) is 36.3 Å². The zero-order chi connectivity index (χ0) is 16.2. The monoisotopic (exact) mass is 331 g/mol. The molecule has 7 heteroatoms. The number of rotatable bonds is 4. The minimum absolute atomic E-state index is 0.0204. The van der Waals surface area contributed by atoms with Gasteiger partial charge in [-0.2, -0.15) is 0 Å². The smallest absolute Gasteiger partial charge is 0.222 e. The van der Waals surface area contributed by atoms with Crippen LogP contribution in [0, 0.1) is 6.92 Å².